The van der Waals surface area contributed by atoms with Gasteiger partial charge >= 0.3 is 6.03 Å². The Morgan fingerprint density at radius 3 is 2.13 bits per heavy atom. The van der Waals surface area contributed by atoms with Crippen molar-refractivity contribution >= 4 is 29.4 Å². The zero-order valence-corrected chi connectivity index (χ0v) is 22.0. The summed E-state index contributed by atoms with van der Waals surface area (Å²) in [6.45, 7) is 3.92. The number of fused-ring (bicyclic) bond motifs is 3. The predicted molar refractivity (Wildman–Crippen MR) is 144 cm³/mol. The molecule has 3 aliphatic rings. The molecule has 8 nitrogen and oxygen atoms in total. The van der Waals surface area contributed by atoms with Crippen LogP contribution in [0.25, 0.3) is 0 Å². The molecule has 3 aliphatic heterocycles. The first-order valence-electron chi connectivity index (χ1n) is 13.1. The van der Waals surface area contributed by atoms with Gasteiger partial charge in [-0.25, -0.2) is 9.69 Å². The lowest BCUT2D eigenvalue weighted by Gasteiger charge is -2.35. The van der Waals surface area contributed by atoms with E-state index in [1.165, 1.54) is 9.80 Å². The molecule has 0 aromatic heterocycles. The number of carbonyl (C=O) groups is 4. The minimum atomic E-state index is -1.56. The number of benzene rings is 3. The number of imide groups is 2. The molecule has 0 N–H and O–H groups in total. The van der Waals surface area contributed by atoms with E-state index < -0.39 is 41.3 Å². The highest BCUT2D eigenvalue weighted by atomic mass is 16.5. The Balaban J connectivity index is 1.59. The quantitative estimate of drug-likeness (QED) is 0.358. The first kappa shape index (κ1) is 24.9. The maximum absolute atomic E-state index is 14.6. The molecule has 4 atom stereocenters. The lowest BCUT2D eigenvalue weighted by molar-refractivity contribution is -0.144. The maximum Gasteiger partial charge on any atom is 0.332 e. The van der Waals surface area contributed by atoms with Crippen LogP contribution in [0.1, 0.15) is 29.7 Å². The van der Waals surface area contributed by atoms with E-state index in [0.29, 0.717) is 11.4 Å². The fourth-order valence-electron chi connectivity index (χ4n) is 6.61. The van der Waals surface area contributed by atoms with Gasteiger partial charge in [-0.2, -0.15) is 0 Å². The molecule has 0 radical (unpaired) electrons. The van der Waals surface area contributed by atoms with Crippen molar-refractivity contribution in [2.24, 2.45) is 11.8 Å². The van der Waals surface area contributed by atoms with Gasteiger partial charge in [0, 0.05) is 13.0 Å². The molecule has 39 heavy (non-hydrogen) atoms. The highest BCUT2D eigenvalue weighted by Crippen LogP contribution is 2.59. The van der Waals surface area contributed by atoms with Crippen molar-refractivity contribution in [1.29, 1.82) is 0 Å². The summed E-state index contributed by atoms with van der Waals surface area (Å²) in [6, 6.07) is 22.4. The van der Waals surface area contributed by atoms with Crippen LogP contribution in [0, 0.1) is 18.8 Å². The van der Waals surface area contributed by atoms with E-state index >= 15 is 0 Å². The Kier molecular flexibility index (Phi) is 5.79. The van der Waals surface area contributed by atoms with Gasteiger partial charge in [-0.05, 0) is 49.2 Å². The van der Waals surface area contributed by atoms with Crippen molar-refractivity contribution in [3.8, 4) is 5.75 Å². The number of methoxy groups -OCH3 is 1. The Morgan fingerprint density at radius 2 is 1.51 bits per heavy atom. The summed E-state index contributed by atoms with van der Waals surface area (Å²) in [5.41, 5.74) is 1.38. The first-order valence-corrected chi connectivity index (χ1v) is 13.1. The smallest absolute Gasteiger partial charge is 0.332 e. The Bertz CT molecular complexity index is 1470. The third-order valence-corrected chi connectivity index (χ3v) is 8.36. The van der Waals surface area contributed by atoms with E-state index in [4.69, 9.17) is 4.74 Å². The van der Waals surface area contributed by atoms with Crippen LogP contribution in [0.15, 0.2) is 78.9 Å². The molecule has 0 aliphatic carbocycles. The van der Waals surface area contributed by atoms with Crippen molar-refractivity contribution in [3.63, 3.8) is 0 Å². The third-order valence-electron chi connectivity index (χ3n) is 8.36. The largest absolute Gasteiger partial charge is 0.497 e. The van der Waals surface area contributed by atoms with E-state index in [-0.39, 0.29) is 18.9 Å². The van der Waals surface area contributed by atoms with Crippen molar-refractivity contribution in [3.05, 3.63) is 95.6 Å². The highest BCUT2D eigenvalue weighted by Gasteiger charge is 2.77. The highest BCUT2D eigenvalue weighted by molar-refractivity contribution is 6.27. The van der Waals surface area contributed by atoms with E-state index in [1.54, 1.807) is 38.3 Å². The first-order chi connectivity index (χ1) is 18.8. The van der Waals surface area contributed by atoms with Crippen LogP contribution < -0.4 is 9.64 Å². The molecule has 3 saturated heterocycles. The lowest BCUT2D eigenvalue weighted by Crippen LogP contribution is -2.55. The average Bonchev–Trinajstić information content (AvgIpc) is 3.47. The van der Waals surface area contributed by atoms with Gasteiger partial charge in [0.15, 0.2) is 0 Å². The number of aryl methyl sites for hydroxylation is 1. The molecule has 3 aromatic carbocycles. The van der Waals surface area contributed by atoms with Crippen LogP contribution in [0.2, 0.25) is 0 Å². The molecule has 3 unspecified atom stereocenters. The number of nitrogens with zero attached hydrogens (tertiary/aromatic N) is 3. The maximum atomic E-state index is 14.6. The minimum Gasteiger partial charge on any atom is -0.497 e. The van der Waals surface area contributed by atoms with Crippen LogP contribution in [-0.4, -0.2) is 52.7 Å². The molecule has 0 spiro atoms. The number of anilines is 1. The Labute approximate surface area is 226 Å². The van der Waals surface area contributed by atoms with E-state index in [1.807, 2.05) is 61.5 Å². The van der Waals surface area contributed by atoms with E-state index in [2.05, 4.69) is 0 Å². The monoisotopic (exact) mass is 523 g/mol. The second kappa shape index (κ2) is 9.08. The van der Waals surface area contributed by atoms with Gasteiger partial charge in [0.05, 0.1) is 30.7 Å². The molecule has 3 heterocycles. The minimum absolute atomic E-state index is 0.116. The lowest BCUT2D eigenvalue weighted by atomic mass is 9.75. The second-order valence-corrected chi connectivity index (χ2v) is 10.4. The molecule has 0 saturated carbocycles. The van der Waals surface area contributed by atoms with Crippen LogP contribution >= 0.6 is 0 Å². The van der Waals surface area contributed by atoms with Crippen molar-refractivity contribution in [2.45, 2.75) is 31.8 Å². The number of carbonyl (C=O) groups excluding carboxylic acids is 4. The average molecular weight is 524 g/mol. The fourth-order valence-corrected chi connectivity index (χ4v) is 6.61. The molecule has 5 amide bonds. The second-order valence-electron chi connectivity index (χ2n) is 10.4. The summed E-state index contributed by atoms with van der Waals surface area (Å²) in [7, 11) is 1.54. The number of hydrogen-bond donors (Lipinski definition) is 0. The zero-order chi connectivity index (χ0) is 27.5. The van der Waals surface area contributed by atoms with Crippen LogP contribution in [-0.2, 0) is 20.8 Å². The summed E-state index contributed by atoms with van der Waals surface area (Å²) >= 11 is 0. The molecule has 6 rings (SSSR count). The van der Waals surface area contributed by atoms with Gasteiger partial charge in [0.2, 0.25) is 11.8 Å². The van der Waals surface area contributed by atoms with E-state index in [9.17, 15) is 19.2 Å². The van der Waals surface area contributed by atoms with Crippen LogP contribution in [0.5, 0.6) is 5.75 Å². The van der Waals surface area contributed by atoms with Gasteiger partial charge in [0.25, 0.3) is 5.91 Å². The van der Waals surface area contributed by atoms with Gasteiger partial charge in [0.1, 0.15) is 11.3 Å². The SMILES string of the molecule is CCN1C(=O)C2C(c3ccc(C)cc3)N3C(=O)N(c4ccc(OC)cc4)C(=O)[C@@]3(Cc3ccccc3)C2C1=O. The molecule has 3 fully saturated rings. The van der Waals surface area contributed by atoms with Crippen molar-refractivity contribution in [2.75, 3.05) is 18.6 Å². The van der Waals surface area contributed by atoms with Crippen LogP contribution in [0.4, 0.5) is 10.5 Å². The summed E-state index contributed by atoms with van der Waals surface area (Å²) < 4.78 is 5.26. The molecular formula is C31H29N3O5. The summed E-state index contributed by atoms with van der Waals surface area (Å²) in [4.78, 5) is 60.7. The predicted octanol–water partition coefficient (Wildman–Crippen LogP) is 4.13. The Hall–Kier alpha value is -4.46. The molecule has 0 bridgehead atoms. The topological polar surface area (TPSA) is 87.2 Å². The Morgan fingerprint density at radius 1 is 0.846 bits per heavy atom. The number of urea groups is 1. The third kappa shape index (κ3) is 3.44. The number of rotatable bonds is 6. The normalized spacial score (nSPS) is 25.9. The molecule has 198 valence electrons. The number of ether oxygens (including phenoxy) is 1. The summed E-state index contributed by atoms with van der Waals surface area (Å²) in [6.07, 6.45) is 0.116. The van der Waals surface area contributed by atoms with Crippen LogP contribution in [0.3, 0.4) is 0 Å². The standard InChI is InChI=1S/C31H29N3O5/c1-4-32-27(35)24-25(28(32)36)31(18-20-8-6-5-7-9-20)29(37)33(22-14-16-23(39-3)17-15-22)30(38)34(31)26(24)21-12-10-19(2)11-13-21/h5-17,24-26H,4,18H2,1-3H3/t24?,25?,26?,31-/m1/s1. The summed E-state index contributed by atoms with van der Waals surface area (Å²) in [5, 5.41) is 0. The molecular weight excluding hydrogens is 494 g/mol. The van der Waals surface area contributed by atoms with Gasteiger partial charge in [-0.1, -0.05) is 60.2 Å². The van der Waals surface area contributed by atoms with Crippen molar-refractivity contribution in [1.82, 2.24) is 9.80 Å². The fraction of sp³-hybridized carbons (Fsp3) is 0.290. The number of amides is 5. The van der Waals surface area contributed by atoms with Gasteiger partial charge < -0.3 is 9.64 Å². The number of hydrogen-bond acceptors (Lipinski definition) is 5. The molecule has 8 heteroatoms. The summed E-state index contributed by atoms with van der Waals surface area (Å²) in [5.74, 6) is -2.50. The number of likely N-dealkylation sites (tertiary alicyclic amines) is 1. The zero-order valence-electron chi connectivity index (χ0n) is 22.0. The van der Waals surface area contributed by atoms with E-state index in [0.717, 1.165) is 21.6 Å². The van der Waals surface area contributed by atoms with Crippen molar-refractivity contribution < 1.29 is 23.9 Å². The van der Waals surface area contributed by atoms with Gasteiger partial charge in [-0.3, -0.25) is 19.3 Å². The molecule has 3 aromatic rings. The van der Waals surface area contributed by atoms with Gasteiger partial charge in [-0.15, -0.1) is 0 Å².